The van der Waals surface area contributed by atoms with E-state index in [1.165, 1.54) is 0 Å². The normalized spacial score (nSPS) is 10.6. The van der Waals surface area contributed by atoms with Crippen molar-refractivity contribution < 1.29 is 9.84 Å². The number of hydrogen-bond donors (Lipinski definition) is 2. The summed E-state index contributed by atoms with van der Waals surface area (Å²) in [5, 5.41) is 23.5. The lowest BCUT2D eigenvalue weighted by atomic mass is 10.0. The van der Waals surface area contributed by atoms with Crippen LogP contribution in [0.15, 0.2) is 36.4 Å². The third-order valence-electron chi connectivity index (χ3n) is 3.64. The van der Waals surface area contributed by atoms with Crippen LogP contribution >= 0.6 is 0 Å². The van der Waals surface area contributed by atoms with Gasteiger partial charge < -0.3 is 9.84 Å². The minimum absolute atomic E-state index is 0.283. The van der Waals surface area contributed by atoms with Gasteiger partial charge in [0.25, 0.3) is 0 Å². The first kappa shape index (κ1) is 14.1. The minimum Gasteiger partial charge on any atom is -0.508 e. The Kier molecular flexibility index (Phi) is 3.74. The Morgan fingerprint density at radius 3 is 2.82 bits per heavy atom. The van der Waals surface area contributed by atoms with Crippen molar-refractivity contribution in [1.82, 2.24) is 20.6 Å². The van der Waals surface area contributed by atoms with Crippen molar-refractivity contribution in [3.05, 3.63) is 53.1 Å². The summed E-state index contributed by atoms with van der Waals surface area (Å²) < 4.78 is 5.85. The van der Waals surface area contributed by atoms with Gasteiger partial charge in [0.15, 0.2) is 5.82 Å². The van der Waals surface area contributed by atoms with E-state index < -0.39 is 0 Å². The van der Waals surface area contributed by atoms with Gasteiger partial charge in [-0.1, -0.05) is 18.2 Å². The van der Waals surface area contributed by atoms with Crippen molar-refractivity contribution in [2.45, 2.75) is 20.5 Å². The smallest absolute Gasteiger partial charge is 0.179 e. The zero-order chi connectivity index (χ0) is 15.5. The number of ether oxygens (including phenoxy) is 1. The number of rotatable bonds is 4. The molecule has 6 heteroatoms. The lowest BCUT2D eigenvalue weighted by Crippen LogP contribution is -2.01. The van der Waals surface area contributed by atoms with E-state index in [2.05, 4.69) is 20.6 Å². The number of hydrogen-bond acceptors (Lipinski definition) is 5. The van der Waals surface area contributed by atoms with Crippen LogP contribution in [0.25, 0.3) is 11.4 Å². The van der Waals surface area contributed by atoms with E-state index in [4.69, 9.17) is 4.74 Å². The second-order valence-corrected chi connectivity index (χ2v) is 5.07. The Bertz CT molecular complexity index is 785. The molecule has 1 aromatic heterocycles. The van der Waals surface area contributed by atoms with E-state index in [9.17, 15) is 5.11 Å². The van der Waals surface area contributed by atoms with Crippen LogP contribution in [0, 0.1) is 13.8 Å². The second-order valence-electron chi connectivity index (χ2n) is 5.07. The molecular weight excluding hydrogens is 280 g/mol. The molecule has 0 aliphatic rings. The fraction of sp³-hybridized carbons (Fsp3) is 0.188. The zero-order valence-corrected chi connectivity index (χ0v) is 12.4. The van der Waals surface area contributed by atoms with Crippen LogP contribution < -0.4 is 4.74 Å². The minimum atomic E-state index is 0.283. The standard InChI is InChI=1S/C16H16N4O2/c1-10-6-7-15(21)11(2)14(10)9-22-13-5-3-4-12(8-13)16-17-19-20-18-16/h3-8,21H,9H2,1-2H3,(H,17,18,19,20). The summed E-state index contributed by atoms with van der Waals surface area (Å²) in [5.74, 6) is 1.59. The van der Waals surface area contributed by atoms with Gasteiger partial charge in [-0.15, -0.1) is 5.10 Å². The molecule has 6 nitrogen and oxygen atoms in total. The van der Waals surface area contributed by atoms with E-state index in [-0.39, 0.29) is 5.75 Å². The molecule has 0 bridgehead atoms. The van der Waals surface area contributed by atoms with E-state index >= 15 is 0 Å². The summed E-state index contributed by atoms with van der Waals surface area (Å²) >= 11 is 0. The second kappa shape index (κ2) is 5.85. The molecule has 3 rings (SSSR count). The Balaban J connectivity index is 1.80. The first-order chi connectivity index (χ1) is 10.6. The maximum atomic E-state index is 9.81. The highest BCUT2D eigenvalue weighted by Crippen LogP contribution is 2.26. The van der Waals surface area contributed by atoms with Crippen LogP contribution in [-0.4, -0.2) is 25.7 Å². The van der Waals surface area contributed by atoms with E-state index in [1.54, 1.807) is 6.07 Å². The van der Waals surface area contributed by atoms with Gasteiger partial charge in [0.1, 0.15) is 18.1 Å². The third-order valence-corrected chi connectivity index (χ3v) is 3.64. The number of H-pyrrole nitrogens is 1. The monoisotopic (exact) mass is 296 g/mol. The Hall–Kier alpha value is -2.89. The number of nitrogens with one attached hydrogen (secondary N) is 1. The fourth-order valence-corrected chi connectivity index (χ4v) is 2.27. The molecule has 0 spiro atoms. The molecule has 0 fully saturated rings. The molecule has 0 radical (unpaired) electrons. The molecule has 0 aliphatic carbocycles. The summed E-state index contributed by atoms with van der Waals surface area (Å²) in [7, 11) is 0. The Labute approximate surface area is 127 Å². The van der Waals surface area contributed by atoms with Gasteiger partial charge in [-0.3, -0.25) is 0 Å². The largest absolute Gasteiger partial charge is 0.508 e. The highest BCUT2D eigenvalue weighted by molar-refractivity contribution is 5.56. The van der Waals surface area contributed by atoms with Crippen molar-refractivity contribution >= 4 is 0 Å². The molecule has 0 saturated heterocycles. The molecule has 112 valence electrons. The maximum Gasteiger partial charge on any atom is 0.179 e. The van der Waals surface area contributed by atoms with Gasteiger partial charge in [0, 0.05) is 5.56 Å². The van der Waals surface area contributed by atoms with Crippen LogP contribution in [-0.2, 0) is 6.61 Å². The lowest BCUT2D eigenvalue weighted by Gasteiger charge is -2.13. The maximum absolute atomic E-state index is 9.81. The van der Waals surface area contributed by atoms with E-state index in [0.717, 1.165) is 28.0 Å². The first-order valence-electron chi connectivity index (χ1n) is 6.90. The third kappa shape index (κ3) is 2.76. The van der Waals surface area contributed by atoms with Crippen LogP contribution in [0.5, 0.6) is 11.5 Å². The molecule has 0 amide bonds. The van der Waals surface area contributed by atoms with Crippen LogP contribution in [0.1, 0.15) is 16.7 Å². The quantitative estimate of drug-likeness (QED) is 0.773. The molecule has 1 heterocycles. The number of tetrazole rings is 1. The summed E-state index contributed by atoms with van der Waals surface area (Å²) in [6.45, 7) is 4.28. The molecule has 0 aliphatic heterocycles. The number of benzene rings is 2. The van der Waals surface area contributed by atoms with Gasteiger partial charge >= 0.3 is 0 Å². The van der Waals surface area contributed by atoms with Crippen LogP contribution in [0.4, 0.5) is 0 Å². The number of aromatic amines is 1. The topological polar surface area (TPSA) is 83.9 Å². The Morgan fingerprint density at radius 2 is 2.05 bits per heavy atom. The van der Waals surface area contributed by atoms with Gasteiger partial charge in [-0.2, -0.15) is 0 Å². The molecule has 2 aromatic carbocycles. The SMILES string of the molecule is Cc1ccc(O)c(C)c1COc1cccc(-c2nnn[nH]2)c1. The highest BCUT2D eigenvalue weighted by Gasteiger charge is 2.08. The van der Waals surface area contributed by atoms with Crippen molar-refractivity contribution in [3.63, 3.8) is 0 Å². The molecule has 22 heavy (non-hydrogen) atoms. The van der Waals surface area contributed by atoms with Gasteiger partial charge in [0.05, 0.1) is 0 Å². The first-order valence-corrected chi connectivity index (χ1v) is 6.90. The number of nitrogens with zero attached hydrogens (tertiary/aromatic N) is 3. The predicted molar refractivity (Wildman–Crippen MR) is 81.5 cm³/mol. The molecule has 3 aromatic rings. The summed E-state index contributed by atoms with van der Waals surface area (Å²) in [4.78, 5) is 0. The summed E-state index contributed by atoms with van der Waals surface area (Å²) in [6, 6.07) is 11.1. The van der Waals surface area contributed by atoms with Crippen molar-refractivity contribution in [3.8, 4) is 22.9 Å². The lowest BCUT2D eigenvalue weighted by molar-refractivity contribution is 0.303. The van der Waals surface area contributed by atoms with Crippen LogP contribution in [0.2, 0.25) is 0 Å². The fourth-order valence-electron chi connectivity index (χ4n) is 2.27. The van der Waals surface area contributed by atoms with E-state index in [0.29, 0.717) is 12.4 Å². The van der Waals surface area contributed by atoms with Gasteiger partial charge in [-0.25, -0.2) is 5.10 Å². The number of aromatic nitrogens is 4. The average Bonchev–Trinajstić information content (AvgIpc) is 3.06. The Morgan fingerprint density at radius 1 is 1.18 bits per heavy atom. The molecular formula is C16H16N4O2. The molecule has 2 N–H and O–H groups in total. The number of phenolic OH excluding ortho intramolecular Hbond substituents is 1. The number of aromatic hydroxyl groups is 1. The van der Waals surface area contributed by atoms with Crippen molar-refractivity contribution in [2.75, 3.05) is 0 Å². The van der Waals surface area contributed by atoms with Gasteiger partial charge in [0.2, 0.25) is 0 Å². The molecule has 0 saturated carbocycles. The van der Waals surface area contributed by atoms with Crippen molar-refractivity contribution in [2.24, 2.45) is 0 Å². The average molecular weight is 296 g/mol. The summed E-state index contributed by atoms with van der Waals surface area (Å²) in [5.41, 5.74) is 3.78. The summed E-state index contributed by atoms with van der Waals surface area (Å²) in [6.07, 6.45) is 0. The van der Waals surface area contributed by atoms with Crippen molar-refractivity contribution in [1.29, 1.82) is 0 Å². The van der Waals surface area contributed by atoms with Crippen LogP contribution in [0.3, 0.4) is 0 Å². The van der Waals surface area contributed by atoms with Gasteiger partial charge in [-0.05, 0) is 59.2 Å². The predicted octanol–water partition coefficient (Wildman–Crippen LogP) is 2.77. The van der Waals surface area contributed by atoms with E-state index in [1.807, 2.05) is 44.2 Å². The number of aryl methyl sites for hydroxylation is 1. The molecule has 0 unspecified atom stereocenters. The number of phenols is 1. The molecule has 0 atom stereocenters. The zero-order valence-electron chi connectivity index (χ0n) is 12.4. The highest BCUT2D eigenvalue weighted by atomic mass is 16.5.